The minimum atomic E-state index is -0.994. The zero-order chi connectivity index (χ0) is 9.30. The van der Waals surface area contributed by atoms with Crippen molar-refractivity contribution in [2.45, 2.75) is 13.8 Å². The lowest BCUT2D eigenvalue weighted by atomic mass is 10.1. The largest absolute Gasteiger partial charge is 0.478 e. The van der Waals surface area contributed by atoms with Gasteiger partial charge < -0.3 is 10.8 Å². The third kappa shape index (κ3) is 2.09. The molecule has 0 radical (unpaired) electrons. The molecule has 4 nitrogen and oxygen atoms in total. The lowest BCUT2D eigenvalue weighted by Crippen LogP contribution is -2.05. The fraction of sp³-hybridized carbons (Fsp3) is 0.250. The predicted molar refractivity (Wildman–Crippen MR) is 52.3 cm³/mol. The van der Waals surface area contributed by atoms with Crippen LogP contribution >= 0.6 is 12.4 Å². The SMILES string of the molecule is Cc1ncc(C(=O)O)c(C)c1N.Cl. The lowest BCUT2D eigenvalue weighted by Gasteiger charge is -2.05. The molecule has 5 heteroatoms. The smallest absolute Gasteiger partial charge is 0.337 e. The van der Waals surface area contributed by atoms with Crippen molar-refractivity contribution < 1.29 is 9.90 Å². The average molecular weight is 203 g/mol. The fourth-order valence-corrected chi connectivity index (χ4v) is 0.960. The summed E-state index contributed by atoms with van der Waals surface area (Å²) in [7, 11) is 0. The first kappa shape index (κ1) is 11.7. The van der Waals surface area contributed by atoms with Crippen molar-refractivity contribution >= 4 is 24.1 Å². The molecular formula is C8H11ClN2O2. The maximum absolute atomic E-state index is 10.6. The van der Waals surface area contributed by atoms with Crippen LogP contribution in [0.1, 0.15) is 21.6 Å². The van der Waals surface area contributed by atoms with Crippen LogP contribution in [0.15, 0.2) is 6.20 Å². The molecule has 0 spiro atoms. The lowest BCUT2D eigenvalue weighted by molar-refractivity contribution is 0.0695. The highest BCUT2D eigenvalue weighted by Crippen LogP contribution is 2.17. The van der Waals surface area contributed by atoms with E-state index in [0.717, 1.165) is 0 Å². The van der Waals surface area contributed by atoms with Gasteiger partial charge in [0.05, 0.1) is 16.9 Å². The number of halogens is 1. The van der Waals surface area contributed by atoms with Gasteiger partial charge in [-0.1, -0.05) is 0 Å². The highest BCUT2D eigenvalue weighted by molar-refractivity contribution is 5.90. The highest BCUT2D eigenvalue weighted by atomic mass is 35.5. The van der Waals surface area contributed by atoms with Crippen LogP contribution in [0.5, 0.6) is 0 Å². The van der Waals surface area contributed by atoms with Gasteiger partial charge in [0.25, 0.3) is 0 Å². The van der Waals surface area contributed by atoms with Crippen molar-refractivity contribution in [1.82, 2.24) is 4.98 Å². The van der Waals surface area contributed by atoms with Crippen molar-refractivity contribution in [3.63, 3.8) is 0 Å². The number of nitrogens with zero attached hydrogens (tertiary/aromatic N) is 1. The van der Waals surface area contributed by atoms with Gasteiger partial charge in [-0.25, -0.2) is 4.79 Å². The van der Waals surface area contributed by atoms with Crippen molar-refractivity contribution in [3.8, 4) is 0 Å². The van der Waals surface area contributed by atoms with Crippen LogP contribution in [0.25, 0.3) is 0 Å². The predicted octanol–water partition coefficient (Wildman–Crippen LogP) is 1.40. The van der Waals surface area contributed by atoms with Crippen LogP contribution in [0, 0.1) is 13.8 Å². The summed E-state index contributed by atoms with van der Waals surface area (Å²) >= 11 is 0. The van der Waals surface area contributed by atoms with Crippen LogP contribution in [0.3, 0.4) is 0 Å². The average Bonchev–Trinajstić information content (AvgIpc) is 2.00. The van der Waals surface area contributed by atoms with E-state index < -0.39 is 5.97 Å². The second-order valence-electron chi connectivity index (χ2n) is 2.60. The quantitative estimate of drug-likeness (QED) is 0.722. The Hall–Kier alpha value is -1.29. The molecule has 0 saturated heterocycles. The normalized spacial score (nSPS) is 9.08. The Balaban J connectivity index is 0.00000144. The Labute approximate surface area is 82.2 Å². The van der Waals surface area contributed by atoms with E-state index in [2.05, 4.69) is 4.98 Å². The number of hydrogen-bond acceptors (Lipinski definition) is 3. The van der Waals surface area contributed by atoms with E-state index >= 15 is 0 Å². The Kier molecular flexibility index (Phi) is 3.69. The number of carboxylic acids is 1. The number of rotatable bonds is 1. The van der Waals surface area contributed by atoms with Gasteiger partial charge in [-0.3, -0.25) is 4.98 Å². The topological polar surface area (TPSA) is 76.2 Å². The van der Waals surface area contributed by atoms with E-state index in [1.54, 1.807) is 13.8 Å². The third-order valence-corrected chi connectivity index (χ3v) is 1.82. The monoisotopic (exact) mass is 202 g/mol. The van der Waals surface area contributed by atoms with Gasteiger partial charge in [-0.05, 0) is 19.4 Å². The number of aryl methyl sites for hydroxylation is 1. The molecule has 3 N–H and O–H groups in total. The number of carboxylic acid groups (broad SMARTS) is 1. The molecule has 0 aliphatic carbocycles. The number of carbonyl (C=O) groups is 1. The standard InChI is InChI=1S/C8H10N2O2.ClH/c1-4-6(8(11)12)3-10-5(2)7(4)9;/h3H,9H2,1-2H3,(H,11,12);1H. The minimum absolute atomic E-state index is 0. The molecule has 0 aliphatic rings. The number of nitrogen functional groups attached to an aromatic ring is 1. The molecule has 0 bridgehead atoms. The molecule has 13 heavy (non-hydrogen) atoms. The number of anilines is 1. The van der Waals surface area contributed by atoms with Crippen LogP contribution in [-0.4, -0.2) is 16.1 Å². The third-order valence-electron chi connectivity index (χ3n) is 1.82. The Morgan fingerprint density at radius 1 is 1.54 bits per heavy atom. The van der Waals surface area contributed by atoms with Crippen molar-refractivity contribution in [1.29, 1.82) is 0 Å². The Morgan fingerprint density at radius 2 is 2.08 bits per heavy atom. The number of nitrogens with two attached hydrogens (primary N) is 1. The summed E-state index contributed by atoms with van der Waals surface area (Å²) in [6, 6.07) is 0. The molecule has 0 atom stereocenters. The Morgan fingerprint density at radius 3 is 2.54 bits per heavy atom. The molecule has 1 aromatic heterocycles. The van der Waals surface area contributed by atoms with Crippen LogP contribution in [0.2, 0.25) is 0 Å². The number of hydrogen-bond donors (Lipinski definition) is 2. The van der Waals surface area contributed by atoms with Crippen LogP contribution < -0.4 is 5.73 Å². The molecular weight excluding hydrogens is 192 g/mol. The van der Waals surface area contributed by atoms with E-state index in [-0.39, 0.29) is 18.0 Å². The van der Waals surface area contributed by atoms with E-state index in [4.69, 9.17) is 10.8 Å². The summed E-state index contributed by atoms with van der Waals surface area (Å²) in [5.41, 5.74) is 7.46. The molecule has 0 saturated carbocycles. The van der Waals surface area contributed by atoms with E-state index in [1.807, 2.05) is 0 Å². The number of aromatic carboxylic acids is 1. The van der Waals surface area contributed by atoms with Gasteiger partial charge >= 0.3 is 5.97 Å². The van der Waals surface area contributed by atoms with E-state index in [9.17, 15) is 4.79 Å². The van der Waals surface area contributed by atoms with Crippen molar-refractivity contribution in [2.75, 3.05) is 5.73 Å². The second-order valence-corrected chi connectivity index (χ2v) is 2.60. The first-order chi connectivity index (χ1) is 5.54. The van der Waals surface area contributed by atoms with Crippen molar-refractivity contribution in [3.05, 3.63) is 23.0 Å². The molecule has 0 aliphatic heterocycles. The maximum atomic E-state index is 10.6. The second kappa shape index (κ2) is 4.09. The summed E-state index contributed by atoms with van der Waals surface area (Å²) in [6.45, 7) is 3.42. The first-order valence-electron chi connectivity index (χ1n) is 3.49. The summed E-state index contributed by atoms with van der Waals surface area (Å²) in [5.74, 6) is -0.994. The van der Waals surface area contributed by atoms with Gasteiger partial charge in [0.2, 0.25) is 0 Å². The first-order valence-corrected chi connectivity index (χ1v) is 3.49. The molecule has 0 fully saturated rings. The molecule has 1 aromatic rings. The molecule has 1 rings (SSSR count). The summed E-state index contributed by atoms with van der Waals surface area (Å²) < 4.78 is 0. The van der Waals surface area contributed by atoms with Gasteiger partial charge in [0.1, 0.15) is 0 Å². The van der Waals surface area contributed by atoms with Crippen LogP contribution in [-0.2, 0) is 0 Å². The van der Waals surface area contributed by atoms with E-state index in [0.29, 0.717) is 16.9 Å². The zero-order valence-electron chi connectivity index (χ0n) is 7.37. The molecule has 72 valence electrons. The molecule has 0 unspecified atom stereocenters. The number of aromatic nitrogens is 1. The Bertz CT molecular complexity index is 339. The zero-order valence-corrected chi connectivity index (χ0v) is 8.18. The fourth-order valence-electron chi connectivity index (χ4n) is 0.960. The van der Waals surface area contributed by atoms with Gasteiger partial charge in [0.15, 0.2) is 0 Å². The summed E-state index contributed by atoms with van der Waals surface area (Å²) in [4.78, 5) is 14.4. The minimum Gasteiger partial charge on any atom is -0.478 e. The van der Waals surface area contributed by atoms with Crippen molar-refractivity contribution in [2.24, 2.45) is 0 Å². The molecule has 0 amide bonds. The summed E-state index contributed by atoms with van der Waals surface area (Å²) in [6.07, 6.45) is 1.32. The van der Waals surface area contributed by atoms with E-state index in [1.165, 1.54) is 6.20 Å². The molecule has 0 aromatic carbocycles. The van der Waals surface area contributed by atoms with Gasteiger partial charge in [0, 0.05) is 6.20 Å². The maximum Gasteiger partial charge on any atom is 0.337 e. The van der Waals surface area contributed by atoms with Gasteiger partial charge in [-0.15, -0.1) is 12.4 Å². The number of pyridine rings is 1. The molecule has 1 heterocycles. The highest BCUT2D eigenvalue weighted by Gasteiger charge is 2.10. The van der Waals surface area contributed by atoms with Gasteiger partial charge in [-0.2, -0.15) is 0 Å². The van der Waals surface area contributed by atoms with Crippen LogP contribution in [0.4, 0.5) is 5.69 Å². The summed E-state index contributed by atoms with van der Waals surface area (Å²) in [5, 5.41) is 8.69.